The van der Waals surface area contributed by atoms with Crippen LogP contribution in [0, 0.1) is 5.92 Å². The molecule has 0 radical (unpaired) electrons. The Bertz CT molecular complexity index is 1190. The number of carbonyl (C=O) groups excluding carboxylic acids is 2. The number of halogens is 3. The predicted molar refractivity (Wildman–Crippen MR) is 128 cm³/mol. The molecular weight excluding hydrogens is 455 g/mol. The molecular formula is C27H26F3N3O2. The molecule has 0 aromatic heterocycles. The molecule has 0 bridgehead atoms. The van der Waals surface area contributed by atoms with E-state index in [9.17, 15) is 22.8 Å². The first-order valence-electron chi connectivity index (χ1n) is 11.4. The topological polar surface area (TPSA) is 75.4 Å². The third kappa shape index (κ3) is 6.08. The zero-order valence-corrected chi connectivity index (χ0v) is 19.0. The number of primary amides is 1. The van der Waals surface area contributed by atoms with Gasteiger partial charge < -0.3 is 11.1 Å². The number of hydrogen-bond donors (Lipinski definition) is 2. The van der Waals surface area contributed by atoms with E-state index < -0.39 is 11.7 Å². The molecule has 5 nitrogen and oxygen atoms in total. The first kappa shape index (κ1) is 24.5. The fourth-order valence-electron chi connectivity index (χ4n) is 4.35. The third-order valence-corrected chi connectivity index (χ3v) is 6.22. The molecule has 1 aliphatic rings. The molecule has 1 aliphatic heterocycles. The van der Waals surface area contributed by atoms with Crippen LogP contribution in [0.3, 0.4) is 0 Å². The van der Waals surface area contributed by atoms with Gasteiger partial charge in [0.05, 0.1) is 11.5 Å². The van der Waals surface area contributed by atoms with Gasteiger partial charge in [0.25, 0.3) is 5.91 Å². The third-order valence-electron chi connectivity index (χ3n) is 6.22. The van der Waals surface area contributed by atoms with Crippen molar-refractivity contribution in [1.29, 1.82) is 0 Å². The van der Waals surface area contributed by atoms with E-state index in [1.165, 1.54) is 12.1 Å². The van der Waals surface area contributed by atoms with E-state index in [4.69, 9.17) is 5.73 Å². The summed E-state index contributed by atoms with van der Waals surface area (Å²) in [6.07, 6.45) is -2.66. The van der Waals surface area contributed by atoms with Crippen LogP contribution in [-0.2, 0) is 17.5 Å². The number of piperidine rings is 1. The van der Waals surface area contributed by atoms with Crippen LogP contribution in [0.1, 0.15) is 34.3 Å². The van der Waals surface area contributed by atoms with Crippen LogP contribution in [0.2, 0.25) is 0 Å². The average molecular weight is 482 g/mol. The standard InChI is InChI=1S/C27H26F3N3O2/c28-27(29,30)21-11-9-19(10-12-21)23-5-1-2-6-24(23)26(35)32-22-13-7-18(8-14-22)16-33-15-3-4-20(17-33)25(31)34/h1-2,5-14,20H,3-4,15-17H2,(H2,31,34)(H,32,35)/t20-/m0/s1. The van der Waals surface area contributed by atoms with Gasteiger partial charge >= 0.3 is 6.18 Å². The van der Waals surface area contributed by atoms with Crippen LogP contribution in [0.25, 0.3) is 11.1 Å². The van der Waals surface area contributed by atoms with Crippen molar-refractivity contribution in [3.63, 3.8) is 0 Å². The minimum Gasteiger partial charge on any atom is -0.369 e. The number of nitrogens with two attached hydrogens (primary N) is 1. The zero-order chi connectivity index (χ0) is 25.0. The van der Waals surface area contributed by atoms with Crippen molar-refractivity contribution in [2.75, 3.05) is 18.4 Å². The van der Waals surface area contributed by atoms with Gasteiger partial charge in [0.1, 0.15) is 0 Å². The Morgan fingerprint density at radius 1 is 0.971 bits per heavy atom. The van der Waals surface area contributed by atoms with Crippen molar-refractivity contribution in [3.05, 3.63) is 89.5 Å². The van der Waals surface area contributed by atoms with Crippen molar-refractivity contribution >= 4 is 17.5 Å². The van der Waals surface area contributed by atoms with Gasteiger partial charge in [-0.3, -0.25) is 14.5 Å². The molecule has 4 rings (SSSR count). The van der Waals surface area contributed by atoms with E-state index in [2.05, 4.69) is 10.2 Å². The summed E-state index contributed by atoms with van der Waals surface area (Å²) in [6.45, 7) is 2.24. The molecule has 2 amide bonds. The Kier molecular flexibility index (Phi) is 7.21. The summed E-state index contributed by atoms with van der Waals surface area (Å²) in [5, 5.41) is 2.86. The van der Waals surface area contributed by atoms with Crippen LogP contribution in [-0.4, -0.2) is 29.8 Å². The summed E-state index contributed by atoms with van der Waals surface area (Å²) in [4.78, 5) is 26.7. The maximum absolute atomic E-state index is 13.0. The number of likely N-dealkylation sites (tertiary alicyclic amines) is 1. The minimum atomic E-state index is -4.42. The summed E-state index contributed by atoms with van der Waals surface area (Å²) < 4.78 is 38.7. The Balaban J connectivity index is 1.44. The highest BCUT2D eigenvalue weighted by Gasteiger charge is 2.30. The first-order chi connectivity index (χ1) is 16.7. The number of rotatable bonds is 6. The van der Waals surface area contributed by atoms with Gasteiger partial charge in [-0.1, -0.05) is 42.5 Å². The number of nitrogens with one attached hydrogen (secondary N) is 1. The molecule has 1 fully saturated rings. The lowest BCUT2D eigenvalue weighted by atomic mass is 9.97. The lowest BCUT2D eigenvalue weighted by Gasteiger charge is -2.31. The Morgan fingerprint density at radius 3 is 2.31 bits per heavy atom. The fourth-order valence-corrected chi connectivity index (χ4v) is 4.35. The van der Waals surface area contributed by atoms with E-state index in [1.54, 1.807) is 24.3 Å². The van der Waals surface area contributed by atoms with E-state index in [1.807, 2.05) is 24.3 Å². The summed E-state index contributed by atoms with van der Waals surface area (Å²) in [7, 11) is 0. The van der Waals surface area contributed by atoms with Crippen molar-refractivity contribution < 1.29 is 22.8 Å². The predicted octanol–water partition coefficient (Wildman–Crippen LogP) is 5.32. The highest BCUT2D eigenvalue weighted by Crippen LogP contribution is 2.32. The normalized spacial score (nSPS) is 16.6. The summed E-state index contributed by atoms with van der Waals surface area (Å²) in [5.41, 5.74) is 7.81. The largest absolute Gasteiger partial charge is 0.416 e. The van der Waals surface area contributed by atoms with Gasteiger partial charge in [-0.05, 0) is 66.4 Å². The molecule has 0 aliphatic carbocycles. The molecule has 3 aromatic carbocycles. The number of anilines is 1. The molecule has 3 N–H and O–H groups in total. The molecule has 1 heterocycles. The van der Waals surface area contributed by atoms with E-state index in [0.717, 1.165) is 37.1 Å². The molecule has 3 aromatic rings. The van der Waals surface area contributed by atoms with Crippen LogP contribution in [0.5, 0.6) is 0 Å². The highest BCUT2D eigenvalue weighted by atomic mass is 19.4. The molecule has 182 valence electrons. The number of carbonyl (C=O) groups is 2. The fraction of sp³-hybridized carbons (Fsp3) is 0.259. The van der Waals surface area contributed by atoms with Crippen molar-refractivity contribution in [3.8, 4) is 11.1 Å². The van der Waals surface area contributed by atoms with Crippen LogP contribution in [0.4, 0.5) is 18.9 Å². The Morgan fingerprint density at radius 2 is 1.66 bits per heavy atom. The van der Waals surface area contributed by atoms with E-state index in [0.29, 0.717) is 35.5 Å². The van der Waals surface area contributed by atoms with Gasteiger partial charge in [-0.2, -0.15) is 13.2 Å². The van der Waals surface area contributed by atoms with E-state index in [-0.39, 0.29) is 17.7 Å². The Labute approximate surface area is 201 Å². The van der Waals surface area contributed by atoms with Crippen LogP contribution in [0.15, 0.2) is 72.8 Å². The first-order valence-corrected chi connectivity index (χ1v) is 11.4. The molecule has 1 saturated heterocycles. The summed E-state index contributed by atoms with van der Waals surface area (Å²) in [5.74, 6) is -0.732. The molecule has 0 unspecified atom stereocenters. The van der Waals surface area contributed by atoms with Gasteiger partial charge in [0.2, 0.25) is 5.91 Å². The number of nitrogens with zero attached hydrogens (tertiary/aromatic N) is 1. The monoisotopic (exact) mass is 481 g/mol. The molecule has 1 atom stereocenters. The van der Waals surface area contributed by atoms with Crippen LogP contribution < -0.4 is 11.1 Å². The molecule has 0 saturated carbocycles. The smallest absolute Gasteiger partial charge is 0.369 e. The van der Waals surface area contributed by atoms with Crippen LogP contribution >= 0.6 is 0 Å². The summed E-state index contributed by atoms with van der Waals surface area (Å²) >= 11 is 0. The molecule has 0 spiro atoms. The molecule has 35 heavy (non-hydrogen) atoms. The number of benzene rings is 3. The second-order valence-electron chi connectivity index (χ2n) is 8.75. The zero-order valence-electron chi connectivity index (χ0n) is 19.0. The lowest BCUT2D eigenvalue weighted by molar-refractivity contribution is -0.137. The quantitative estimate of drug-likeness (QED) is 0.500. The average Bonchev–Trinajstić information content (AvgIpc) is 2.85. The van der Waals surface area contributed by atoms with Gasteiger partial charge in [-0.15, -0.1) is 0 Å². The number of hydrogen-bond acceptors (Lipinski definition) is 3. The highest BCUT2D eigenvalue weighted by molar-refractivity contribution is 6.08. The van der Waals surface area contributed by atoms with Crippen molar-refractivity contribution in [2.45, 2.75) is 25.6 Å². The van der Waals surface area contributed by atoms with E-state index >= 15 is 0 Å². The minimum absolute atomic E-state index is 0.118. The maximum Gasteiger partial charge on any atom is 0.416 e. The second kappa shape index (κ2) is 10.3. The van der Waals surface area contributed by atoms with Gasteiger partial charge in [0, 0.05) is 24.3 Å². The second-order valence-corrected chi connectivity index (χ2v) is 8.75. The maximum atomic E-state index is 13.0. The SMILES string of the molecule is NC(=O)[C@H]1CCCN(Cc2ccc(NC(=O)c3ccccc3-c3ccc(C(F)(F)F)cc3)cc2)C1. The Hall–Kier alpha value is -3.65. The van der Waals surface area contributed by atoms with Crippen molar-refractivity contribution in [1.82, 2.24) is 4.90 Å². The molecule has 8 heteroatoms. The lowest BCUT2D eigenvalue weighted by Crippen LogP contribution is -2.40. The summed E-state index contributed by atoms with van der Waals surface area (Å²) in [6, 6.07) is 19.0. The van der Waals surface area contributed by atoms with Gasteiger partial charge in [0.15, 0.2) is 0 Å². The van der Waals surface area contributed by atoms with Crippen molar-refractivity contribution in [2.24, 2.45) is 11.7 Å². The number of alkyl halides is 3. The van der Waals surface area contributed by atoms with Gasteiger partial charge in [-0.25, -0.2) is 0 Å². The number of amides is 2.